The van der Waals surface area contributed by atoms with Crippen LogP contribution in [0.15, 0.2) is 36.5 Å². The number of phenolic OH excluding ortho intramolecular Hbond substituents is 2. The molecule has 92 valence electrons. The van der Waals surface area contributed by atoms with Gasteiger partial charge in [-0.2, -0.15) is 0 Å². The van der Waals surface area contributed by atoms with Crippen molar-refractivity contribution in [3.8, 4) is 11.5 Å². The Kier molecular flexibility index (Phi) is 3.34. The van der Waals surface area contributed by atoms with Gasteiger partial charge in [0, 0.05) is 22.8 Å². The molecule has 1 amide bonds. The number of nitrogens with zero attached hydrogens (tertiary/aromatic N) is 1. The Morgan fingerprint density at radius 1 is 1.17 bits per heavy atom. The van der Waals surface area contributed by atoms with Crippen molar-refractivity contribution < 1.29 is 15.0 Å². The molecule has 0 bridgehead atoms. The summed E-state index contributed by atoms with van der Waals surface area (Å²) in [7, 11) is 0. The molecule has 0 aliphatic carbocycles. The Morgan fingerprint density at radius 3 is 2.44 bits per heavy atom. The number of aromatic hydroxyl groups is 2. The quantitative estimate of drug-likeness (QED) is 0.778. The zero-order valence-corrected chi connectivity index (χ0v) is 9.85. The number of amides is 1. The van der Waals surface area contributed by atoms with Crippen molar-refractivity contribution in [2.75, 3.05) is 5.32 Å². The highest BCUT2D eigenvalue weighted by molar-refractivity contribution is 6.30. The van der Waals surface area contributed by atoms with E-state index in [4.69, 9.17) is 11.6 Å². The summed E-state index contributed by atoms with van der Waals surface area (Å²) >= 11 is 5.75. The number of nitrogens with one attached hydrogen (secondary N) is 1. The molecule has 5 nitrogen and oxygen atoms in total. The highest BCUT2D eigenvalue weighted by Gasteiger charge is 2.09. The van der Waals surface area contributed by atoms with E-state index in [0.717, 1.165) is 6.07 Å². The van der Waals surface area contributed by atoms with Gasteiger partial charge in [-0.05, 0) is 24.3 Å². The van der Waals surface area contributed by atoms with Crippen LogP contribution < -0.4 is 5.32 Å². The lowest BCUT2D eigenvalue weighted by Gasteiger charge is -2.05. The SMILES string of the molecule is O=C(Nc1cc(Cl)ccn1)c1cc(O)cc(O)c1. The standard InChI is InChI=1S/C12H9ClN2O3/c13-8-1-2-14-11(5-8)15-12(18)7-3-9(16)6-10(17)4-7/h1-6,16-17H,(H,14,15,18). The largest absolute Gasteiger partial charge is 0.508 e. The third-order valence-corrected chi connectivity index (χ3v) is 2.36. The van der Waals surface area contributed by atoms with Crippen LogP contribution in [0.25, 0.3) is 0 Å². The Morgan fingerprint density at radius 2 is 1.83 bits per heavy atom. The lowest BCUT2D eigenvalue weighted by Crippen LogP contribution is -2.12. The van der Waals surface area contributed by atoms with Crippen molar-refractivity contribution in [2.45, 2.75) is 0 Å². The molecule has 0 atom stereocenters. The molecular weight excluding hydrogens is 256 g/mol. The maximum Gasteiger partial charge on any atom is 0.257 e. The predicted octanol–water partition coefficient (Wildman–Crippen LogP) is 2.40. The number of rotatable bonds is 2. The third-order valence-electron chi connectivity index (χ3n) is 2.13. The van der Waals surface area contributed by atoms with E-state index in [1.807, 2.05) is 0 Å². The molecule has 0 radical (unpaired) electrons. The maximum atomic E-state index is 11.8. The van der Waals surface area contributed by atoms with E-state index in [2.05, 4.69) is 10.3 Å². The molecular formula is C12H9ClN2O3. The number of benzene rings is 1. The van der Waals surface area contributed by atoms with Gasteiger partial charge in [0.15, 0.2) is 0 Å². The smallest absolute Gasteiger partial charge is 0.257 e. The van der Waals surface area contributed by atoms with Crippen molar-refractivity contribution >= 4 is 23.3 Å². The molecule has 0 aliphatic rings. The van der Waals surface area contributed by atoms with Crippen LogP contribution in [-0.4, -0.2) is 21.1 Å². The van der Waals surface area contributed by atoms with Gasteiger partial charge < -0.3 is 15.5 Å². The monoisotopic (exact) mass is 264 g/mol. The van der Waals surface area contributed by atoms with E-state index in [1.165, 1.54) is 24.4 Å². The fraction of sp³-hybridized carbons (Fsp3) is 0. The fourth-order valence-electron chi connectivity index (χ4n) is 1.39. The Hall–Kier alpha value is -2.27. The number of anilines is 1. The molecule has 6 heteroatoms. The number of hydrogen-bond acceptors (Lipinski definition) is 4. The Balaban J connectivity index is 2.22. The molecule has 0 saturated heterocycles. The summed E-state index contributed by atoms with van der Waals surface area (Å²) in [6.07, 6.45) is 1.46. The highest BCUT2D eigenvalue weighted by atomic mass is 35.5. The van der Waals surface area contributed by atoms with E-state index in [-0.39, 0.29) is 22.9 Å². The summed E-state index contributed by atoms with van der Waals surface area (Å²) in [5, 5.41) is 21.5. The third kappa shape index (κ3) is 2.89. The van der Waals surface area contributed by atoms with Gasteiger partial charge in [-0.15, -0.1) is 0 Å². The minimum atomic E-state index is -0.504. The topological polar surface area (TPSA) is 82.5 Å². The average molecular weight is 265 g/mol. The number of aromatic nitrogens is 1. The minimum Gasteiger partial charge on any atom is -0.508 e. The molecule has 18 heavy (non-hydrogen) atoms. The van der Waals surface area contributed by atoms with Gasteiger partial charge in [0.25, 0.3) is 5.91 Å². The van der Waals surface area contributed by atoms with Gasteiger partial charge in [-0.3, -0.25) is 4.79 Å². The van der Waals surface area contributed by atoms with E-state index in [9.17, 15) is 15.0 Å². The summed E-state index contributed by atoms with van der Waals surface area (Å²) in [5.74, 6) is -0.607. The van der Waals surface area contributed by atoms with E-state index >= 15 is 0 Å². The zero-order chi connectivity index (χ0) is 13.1. The summed E-state index contributed by atoms with van der Waals surface area (Å²) in [4.78, 5) is 15.7. The highest BCUT2D eigenvalue weighted by Crippen LogP contribution is 2.21. The summed E-state index contributed by atoms with van der Waals surface area (Å²) in [6.45, 7) is 0. The van der Waals surface area contributed by atoms with Crippen molar-refractivity contribution in [3.63, 3.8) is 0 Å². The first-order valence-corrected chi connectivity index (χ1v) is 5.38. The molecule has 2 aromatic rings. The normalized spacial score (nSPS) is 10.1. The maximum absolute atomic E-state index is 11.8. The molecule has 2 rings (SSSR count). The van der Waals surface area contributed by atoms with Gasteiger partial charge in [-0.25, -0.2) is 4.98 Å². The minimum absolute atomic E-state index is 0.120. The molecule has 0 fully saturated rings. The fourth-order valence-corrected chi connectivity index (χ4v) is 1.55. The first-order valence-electron chi connectivity index (χ1n) is 5.00. The molecule has 0 saturated carbocycles. The molecule has 0 aliphatic heterocycles. The van der Waals surface area contributed by atoms with E-state index in [1.54, 1.807) is 6.07 Å². The molecule has 1 aromatic carbocycles. The average Bonchev–Trinajstić information content (AvgIpc) is 2.27. The second-order valence-corrected chi connectivity index (χ2v) is 3.99. The molecule has 1 aromatic heterocycles. The van der Waals surface area contributed by atoms with Crippen LogP contribution >= 0.6 is 11.6 Å². The van der Waals surface area contributed by atoms with Crippen molar-refractivity contribution in [1.29, 1.82) is 0 Å². The van der Waals surface area contributed by atoms with E-state index in [0.29, 0.717) is 5.02 Å². The van der Waals surface area contributed by atoms with Crippen molar-refractivity contribution in [3.05, 3.63) is 47.1 Å². The summed E-state index contributed by atoms with van der Waals surface area (Å²) in [6, 6.07) is 6.67. The molecule has 0 unspecified atom stereocenters. The van der Waals surface area contributed by atoms with Crippen LogP contribution in [0.2, 0.25) is 5.02 Å². The molecule has 3 N–H and O–H groups in total. The Labute approximate surface area is 108 Å². The van der Waals surface area contributed by atoms with Crippen molar-refractivity contribution in [1.82, 2.24) is 4.98 Å². The van der Waals surface area contributed by atoms with Gasteiger partial charge in [0.1, 0.15) is 17.3 Å². The first-order chi connectivity index (χ1) is 8.54. The van der Waals surface area contributed by atoms with Gasteiger partial charge in [0.05, 0.1) is 0 Å². The second-order valence-electron chi connectivity index (χ2n) is 3.55. The van der Waals surface area contributed by atoms with Gasteiger partial charge >= 0.3 is 0 Å². The lowest BCUT2D eigenvalue weighted by atomic mass is 10.2. The number of carbonyl (C=O) groups excluding carboxylic acids is 1. The Bertz CT molecular complexity index is 581. The molecule has 0 spiro atoms. The number of carbonyl (C=O) groups is 1. The summed E-state index contributed by atoms with van der Waals surface area (Å²) in [5.41, 5.74) is 0.120. The van der Waals surface area contributed by atoms with Gasteiger partial charge in [0.2, 0.25) is 0 Å². The second kappa shape index (κ2) is 4.93. The number of halogens is 1. The van der Waals surface area contributed by atoms with Crippen LogP contribution in [0, 0.1) is 0 Å². The first kappa shape index (κ1) is 12.2. The lowest BCUT2D eigenvalue weighted by molar-refractivity contribution is 0.102. The van der Waals surface area contributed by atoms with Crippen LogP contribution in [0.5, 0.6) is 11.5 Å². The van der Waals surface area contributed by atoms with Crippen LogP contribution in [0.1, 0.15) is 10.4 Å². The van der Waals surface area contributed by atoms with Crippen LogP contribution in [0.4, 0.5) is 5.82 Å². The molecule has 1 heterocycles. The number of pyridine rings is 1. The summed E-state index contributed by atoms with van der Waals surface area (Å²) < 4.78 is 0. The van der Waals surface area contributed by atoms with Crippen LogP contribution in [0.3, 0.4) is 0 Å². The van der Waals surface area contributed by atoms with Crippen molar-refractivity contribution in [2.24, 2.45) is 0 Å². The number of phenols is 2. The van der Waals surface area contributed by atoms with Gasteiger partial charge in [-0.1, -0.05) is 11.6 Å². The predicted molar refractivity (Wildman–Crippen MR) is 67.0 cm³/mol. The zero-order valence-electron chi connectivity index (χ0n) is 9.09. The van der Waals surface area contributed by atoms with Crippen LogP contribution in [-0.2, 0) is 0 Å². The van der Waals surface area contributed by atoms with E-state index < -0.39 is 5.91 Å². The number of hydrogen-bond donors (Lipinski definition) is 3.